The number of urea groups is 1. The number of piperidine rings is 1. The fourth-order valence-electron chi connectivity index (χ4n) is 4.05. The lowest BCUT2D eigenvalue weighted by Gasteiger charge is -2.42. The first-order valence-electron chi connectivity index (χ1n) is 10.1. The molecule has 1 atom stereocenters. The van der Waals surface area contributed by atoms with Gasteiger partial charge in [0, 0.05) is 30.4 Å². The Morgan fingerprint density at radius 2 is 1.96 bits per heavy atom. The molecule has 6 nitrogen and oxygen atoms in total. The van der Waals surface area contributed by atoms with Crippen molar-refractivity contribution in [2.75, 3.05) is 31.6 Å². The Kier molecular flexibility index (Phi) is 7.18. The monoisotopic (exact) mass is 408 g/mol. The largest absolute Gasteiger partial charge is 0.466 e. The number of hydrogen-bond acceptors (Lipinski definition) is 4. The normalized spacial score (nSPS) is 21.8. The molecule has 2 heterocycles. The summed E-state index contributed by atoms with van der Waals surface area (Å²) in [6, 6.07) is 6.86. The number of halogens is 1. The van der Waals surface area contributed by atoms with Crippen LogP contribution >= 0.6 is 11.6 Å². The summed E-state index contributed by atoms with van der Waals surface area (Å²) in [5, 5.41) is 3.51. The number of ether oxygens (including phenoxy) is 2. The third-order valence-corrected chi connectivity index (χ3v) is 5.96. The predicted octanol–water partition coefficient (Wildman–Crippen LogP) is 4.48. The van der Waals surface area contributed by atoms with Gasteiger partial charge in [-0.1, -0.05) is 11.6 Å². The van der Waals surface area contributed by atoms with E-state index in [1.54, 1.807) is 29.2 Å². The van der Waals surface area contributed by atoms with Gasteiger partial charge in [0.1, 0.15) is 0 Å². The second-order valence-electron chi connectivity index (χ2n) is 7.62. The van der Waals surface area contributed by atoms with Gasteiger partial charge in [-0.2, -0.15) is 0 Å². The molecule has 2 aliphatic rings. The number of benzene rings is 1. The average Bonchev–Trinajstić information content (AvgIpc) is 2.71. The maximum absolute atomic E-state index is 12.8. The maximum Gasteiger partial charge on any atom is 0.321 e. The first kappa shape index (κ1) is 20.9. The second-order valence-corrected chi connectivity index (χ2v) is 8.05. The van der Waals surface area contributed by atoms with Crippen LogP contribution in [-0.2, 0) is 14.3 Å². The molecule has 1 aromatic carbocycles. The number of carbonyl (C=O) groups excluding carboxylic acids is 2. The zero-order valence-electron chi connectivity index (χ0n) is 16.4. The van der Waals surface area contributed by atoms with Crippen LogP contribution in [0, 0.1) is 5.41 Å². The molecule has 2 aliphatic heterocycles. The van der Waals surface area contributed by atoms with E-state index in [4.69, 9.17) is 21.1 Å². The molecule has 0 saturated carbocycles. The third kappa shape index (κ3) is 5.17. The molecule has 0 spiro atoms. The molecule has 0 aromatic heterocycles. The summed E-state index contributed by atoms with van der Waals surface area (Å²) in [5.74, 6) is -0.151. The molecule has 7 heteroatoms. The van der Waals surface area contributed by atoms with E-state index in [9.17, 15) is 9.59 Å². The van der Waals surface area contributed by atoms with Gasteiger partial charge in [0.15, 0.2) is 0 Å². The van der Waals surface area contributed by atoms with Gasteiger partial charge < -0.3 is 19.7 Å². The van der Waals surface area contributed by atoms with Crippen LogP contribution in [0.15, 0.2) is 24.3 Å². The van der Waals surface area contributed by atoms with Crippen molar-refractivity contribution in [3.05, 3.63) is 29.3 Å². The van der Waals surface area contributed by atoms with Gasteiger partial charge in [-0.15, -0.1) is 0 Å². The summed E-state index contributed by atoms with van der Waals surface area (Å²) < 4.78 is 11.3. The van der Waals surface area contributed by atoms with E-state index in [0.717, 1.165) is 25.9 Å². The van der Waals surface area contributed by atoms with Gasteiger partial charge in [-0.05, 0) is 69.7 Å². The fourth-order valence-corrected chi connectivity index (χ4v) is 4.18. The Morgan fingerprint density at radius 3 is 2.57 bits per heavy atom. The molecule has 1 N–H and O–H groups in total. The van der Waals surface area contributed by atoms with Gasteiger partial charge in [-0.25, -0.2) is 4.79 Å². The Balaban J connectivity index is 1.61. The summed E-state index contributed by atoms with van der Waals surface area (Å²) in [6.07, 6.45) is 5.19. The standard InChI is InChI=1S/C21H29ClN2O4/c1-2-27-19(25)21(15-18-5-3-4-14-28-18)10-12-24(13-11-21)20(26)23-17-8-6-16(22)7-9-17/h6-9,18H,2-5,10-15H2,1H3,(H,23,26)/t18-/m1/s1. The molecule has 0 unspecified atom stereocenters. The lowest BCUT2D eigenvalue weighted by Crippen LogP contribution is -2.49. The first-order chi connectivity index (χ1) is 13.5. The highest BCUT2D eigenvalue weighted by molar-refractivity contribution is 6.30. The van der Waals surface area contributed by atoms with Gasteiger partial charge in [-0.3, -0.25) is 4.79 Å². The number of carbonyl (C=O) groups is 2. The van der Waals surface area contributed by atoms with Crippen LogP contribution in [0.1, 0.15) is 45.4 Å². The van der Waals surface area contributed by atoms with Crippen molar-refractivity contribution in [3.8, 4) is 0 Å². The van der Waals surface area contributed by atoms with Crippen molar-refractivity contribution in [2.45, 2.75) is 51.6 Å². The summed E-state index contributed by atoms with van der Waals surface area (Å²) in [6.45, 7) is 4.00. The maximum atomic E-state index is 12.8. The highest BCUT2D eigenvalue weighted by Gasteiger charge is 2.45. The van der Waals surface area contributed by atoms with Crippen LogP contribution < -0.4 is 5.32 Å². The van der Waals surface area contributed by atoms with E-state index >= 15 is 0 Å². The molecule has 1 aromatic rings. The zero-order valence-corrected chi connectivity index (χ0v) is 17.2. The van der Waals surface area contributed by atoms with Crippen molar-refractivity contribution < 1.29 is 19.1 Å². The minimum Gasteiger partial charge on any atom is -0.466 e. The molecule has 3 rings (SSSR count). The number of amides is 2. The minimum atomic E-state index is -0.560. The smallest absolute Gasteiger partial charge is 0.321 e. The van der Waals surface area contributed by atoms with Crippen LogP contribution in [0.2, 0.25) is 5.02 Å². The fraction of sp³-hybridized carbons (Fsp3) is 0.619. The van der Waals surface area contributed by atoms with E-state index in [-0.39, 0.29) is 18.1 Å². The highest BCUT2D eigenvalue weighted by Crippen LogP contribution is 2.40. The molecule has 2 amide bonds. The molecular weight excluding hydrogens is 380 g/mol. The number of hydrogen-bond donors (Lipinski definition) is 1. The van der Waals surface area contributed by atoms with Gasteiger partial charge in [0.2, 0.25) is 0 Å². The van der Waals surface area contributed by atoms with E-state index < -0.39 is 5.41 Å². The van der Waals surface area contributed by atoms with Gasteiger partial charge in [0.25, 0.3) is 0 Å². The number of nitrogens with one attached hydrogen (secondary N) is 1. The van der Waals surface area contributed by atoms with Crippen molar-refractivity contribution in [3.63, 3.8) is 0 Å². The molecule has 2 fully saturated rings. The zero-order chi connectivity index (χ0) is 20.0. The molecule has 0 aliphatic carbocycles. The Bertz CT molecular complexity index is 665. The molecule has 0 bridgehead atoms. The van der Waals surface area contributed by atoms with Crippen LogP contribution in [0.4, 0.5) is 10.5 Å². The topological polar surface area (TPSA) is 67.9 Å². The van der Waals surface area contributed by atoms with Crippen molar-refractivity contribution in [1.29, 1.82) is 0 Å². The Morgan fingerprint density at radius 1 is 1.25 bits per heavy atom. The van der Waals surface area contributed by atoms with E-state index in [1.807, 2.05) is 6.92 Å². The molecular formula is C21H29ClN2O4. The first-order valence-corrected chi connectivity index (χ1v) is 10.5. The average molecular weight is 409 g/mol. The predicted molar refractivity (Wildman–Crippen MR) is 109 cm³/mol. The summed E-state index contributed by atoms with van der Waals surface area (Å²) >= 11 is 5.89. The van der Waals surface area contributed by atoms with Crippen LogP contribution in [0.3, 0.4) is 0 Å². The van der Waals surface area contributed by atoms with Crippen LogP contribution in [0.5, 0.6) is 0 Å². The molecule has 28 heavy (non-hydrogen) atoms. The summed E-state index contributed by atoms with van der Waals surface area (Å²) in [4.78, 5) is 27.1. The number of rotatable bonds is 5. The third-order valence-electron chi connectivity index (χ3n) is 5.70. The number of anilines is 1. The summed E-state index contributed by atoms with van der Waals surface area (Å²) in [7, 11) is 0. The quantitative estimate of drug-likeness (QED) is 0.729. The van der Waals surface area contributed by atoms with E-state index in [2.05, 4.69) is 5.32 Å². The molecule has 154 valence electrons. The number of esters is 1. The highest BCUT2D eigenvalue weighted by atomic mass is 35.5. The van der Waals surface area contributed by atoms with Crippen LogP contribution in [0.25, 0.3) is 0 Å². The van der Waals surface area contributed by atoms with Gasteiger partial charge in [0.05, 0.1) is 18.1 Å². The lowest BCUT2D eigenvalue weighted by molar-refractivity contribution is -0.162. The van der Waals surface area contributed by atoms with Crippen molar-refractivity contribution in [1.82, 2.24) is 4.90 Å². The Hall–Kier alpha value is -1.79. The number of likely N-dealkylation sites (tertiary alicyclic amines) is 1. The number of nitrogens with zero attached hydrogens (tertiary/aromatic N) is 1. The van der Waals surface area contributed by atoms with E-state index in [0.29, 0.717) is 49.7 Å². The lowest BCUT2D eigenvalue weighted by atomic mass is 9.73. The molecule has 2 saturated heterocycles. The van der Waals surface area contributed by atoms with E-state index in [1.165, 1.54) is 0 Å². The molecule has 0 radical (unpaired) electrons. The minimum absolute atomic E-state index is 0.104. The second kappa shape index (κ2) is 9.61. The van der Waals surface area contributed by atoms with Crippen molar-refractivity contribution in [2.24, 2.45) is 5.41 Å². The van der Waals surface area contributed by atoms with Gasteiger partial charge >= 0.3 is 12.0 Å². The van der Waals surface area contributed by atoms with Crippen molar-refractivity contribution >= 4 is 29.3 Å². The summed E-state index contributed by atoms with van der Waals surface area (Å²) in [5.41, 5.74) is 0.141. The Labute approximate surface area is 171 Å². The van der Waals surface area contributed by atoms with Crippen LogP contribution in [-0.4, -0.2) is 49.3 Å². The SMILES string of the molecule is CCOC(=O)C1(C[C@H]2CCCCO2)CCN(C(=O)Nc2ccc(Cl)cc2)CC1.